The number of fused-ring (bicyclic) bond motifs is 1. The van der Waals surface area contributed by atoms with Crippen LogP contribution in [0.4, 0.5) is 0 Å². The van der Waals surface area contributed by atoms with Crippen LogP contribution in [0.5, 0.6) is 0 Å². The summed E-state index contributed by atoms with van der Waals surface area (Å²) < 4.78 is 12.1. The highest BCUT2D eigenvalue weighted by Gasteiger charge is 2.47. The van der Waals surface area contributed by atoms with Gasteiger partial charge in [0, 0.05) is 37.0 Å². The fourth-order valence-electron chi connectivity index (χ4n) is 3.77. The molecule has 6 heteroatoms. The van der Waals surface area contributed by atoms with Crippen molar-refractivity contribution in [2.45, 2.75) is 25.4 Å². The Hall–Kier alpha value is -0.950. The van der Waals surface area contributed by atoms with Gasteiger partial charge < -0.3 is 19.3 Å². The van der Waals surface area contributed by atoms with Crippen LogP contribution in [-0.2, 0) is 9.47 Å². The summed E-state index contributed by atoms with van der Waals surface area (Å²) >= 11 is 1.57. The zero-order chi connectivity index (χ0) is 17.0. The van der Waals surface area contributed by atoms with Crippen LogP contribution in [0, 0.1) is 5.41 Å². The Morgan fingerprint density at radius 3 is 3.17 bits per heavy atom. The lowest BCUT2D eigenvalue weighted by Crippen LogP contribution is -2.58. The zero-order valence-electron chi connectivity index (χ0n) is 14.7. The molecule has 2 fully saturated rings. The van der Waals surface area contributed by atoms with Crippen molar-refractivity contribution in [1.29, 1.82) is 0 Å². The molecule has 2 atom stereocenters. The summed E-state index contributed by atoms with van der Waals surface area (Å²) in [6.07, 6.45) is 3.26. The van der Waals surface area contributed by atoms with Crippen molar-refractivity contribution in [3.63, 3.8) is 0 Å². The second-order valence-electron chi connectivity index (χ2n) is 7.21. The van der Waals surface area contributed by atoms with Gasteiger partial charge in [-0.3, -0.25) is 4.79 Å². The Balaban J connectivity index is 1.66. The molecule has 0 aliphatic carbocycles. The van der Waals surface area contributed by atoms with Gasteiger partial charge in [-0.1, -0.05) is 0 Å². The molecule has 3 rings (SSSR count). The van der Waals surface area contributed by atoms with E-state index >= 15 is 0 Å². The van der Waals surface area contributed by atoms with Crippen molar-refractivity contribution in [3.8, 4) is 0 Å². The predicted octanol–water partition coefficient (Wildman–Crippen LogP) is 2.34. The summed E-state index contributed by atoms with van der Waals surface area (Å²) in [5.41, 5.74) is 0.757. The highest BCUT2D eigenvalue weighted by molar-refractivity contribution is 7.08. The average molecular weight is 352 g/mol. The van der Waals surface area contributed by atoms with Gasteiger partial charge >= 0.3 is 0 Å². The molecule has 0 aromatic carbocycles. The minimum Gasteiger partial charge on any atom is -0.379 e. The van der Waals surface area contributed by atoms with Gasteiger partial charge in [-0.2, -0.15) is 11.3 Å². The minimum absolute atomic E-state index is 0.0471. The van der Waals surface area contributed by atoms with Crippen LogP contribution in [0.1, 0.15) is 29.6 Å². The zero-order valence-corrected chi connectivity index (χ0v) is 15.5. The molecular weight excluding hydrogens is 324 g/mol. The average Bonchev–Trinajstić information content (AvgIpc) is 3.12. The van der Waals surface area contributed by atoms with E-state index in [1.807, 2.05) is 21.7 Å². The molecule has 2 saturated heterocycles. The van der Waals surface area contributed by atoms with E-state index in [1.165, 1.54) is 0 Å². The molecule has 2 aliphatic heterocycles. The summed E-state index contributed by atoms with van der Waals surface area (Å²) in [4.78, 5) is 16.9. The lowest BCUT2D eigenvalue weighted by Gasteiger charge is -2.50. The first kappa shape index (κ1) is 17.9. The van der Waals surface area contributed by atoms with Crippen molar-refractivity contribution in [2.24, 2.45) is 5.41 Å². The number of hydrogen-bond donors (Lipinski definition) is 0. The molecule has 134 valence electrons. The summed E-state index contributed by atoms with van der Waals surface area (Å²) in [6.45, 7) is 4.67. The molecule has 0 unspecified atom stereocenters. The third-order valence-corrected chi connectivity index (χ3v) is 5.80. The van der Waals surface area contributed by atoms with Crippen LogP contribution >= 0.6 is 11.3 Å². The van der Waals surface area contributed by atoms with Crippen LogP contribution in [0.15, 0.2) is 16.8 Å². The topological polar surface area (TPSA) is 42.0 Å². The molecule has 3 heterocycles. The van der Waals surface area contributed by atoms with Crippen molar-refractivity contribution in [2.75, 3.05) is 53.6 Å². The Bertz CT molecular complexity index is 534. The first-order valence-corrected chi connectivity index (χ1v) is 9.71. The third kappa shape index (κ3) is 3.99. The van der Waals surface area contributed by atoms with Gasteiger partial charge in [-0.05, 0) is 44.8 Å². The smallest absolute Gasteiger partial charge is 0.254 e. The summed E-state index contributed by atoms with van der Waals surface area (Å²) in [7, 11) is 4.10. The highest BCUT2D eigenvalue weighted by Crippen LogP contribution is 2.40. The maximum atomic E-state index is 12.7. The van der Waals surface area contributed by atoms with E-state index in [0.29, 0.717) is 6.61 Å². The molecule has 0 radical (unpaired) electrons. The van der Waals surface area contributed by atoms with Gasteiger partial charge in [0.05, 0.1) is 24.9 Å². The van der Waals surface area contributed by atoms with E-state index in [-0.39, 0.29) is 17.4 Å². The Morgan fingerprint density at radius 2 is 2.42 bits per heavy atom. The summed E-state index contributed by atoms with van der Waals surface area (Å²) in [6, 6.07) is 1.91. The second-order valence-corrected chi connectivity index (χ2v) is 7.99. The van der Waals surface area contributed by atoms with Gasteiger partial charge in [-0.15, -0.1) is 0 Å². The van der Waals surface area contributed by atoms with Gasteiger partial charge in [0.25, 0.3) is 5.91 Å². The molecule has 1 aromatic heterocycles. The number of hydrogen-bond acceptors (Lipinski definition) is 5. The number of likely N-dealkylation sites (N-methyl/N-ethyl adjacent to an activating group) is 1. The molecule has 2 aliphatic rings. The van der Waals surface area contributed by atoms with Crippen molar-refractivity contribution < 1.29 is 14.3 Å². The van der Waals surface area contributed by atoms with Crippen LogP contribution in [0.2, 0.25) is 0 Å². The van der Waals surface area contributed by atoms with Gasteiger partial charge in [-0.25, -0.2) is 0 Å². The number of amides is 1. The SMILES string of the molecule is CN(C)CCOC[C@]12CCCO[C@H]1CCN(C(=O)c1ccsc1)C2. The molecule has 0 bridgehead atoms. The van der Waals surface area contributed by atoms with Crippen LogP contribution < -0.4 is 0 Å². The number of carbonyl (C=O) groups excluding carboxylic acids is 1. The summed E-state index contributed by atoms with van der Waals surface area (Å²) in [5.74, 6) is 0.146. The number of carbonyl (C=O) groups is 1. The van der Waals surface area contributed by atoms with Crippen molar-refractivity contribution in [3.05, 3.63) is 22.4 Å². The third-order valence-electron chi connectivity index (χ3n) is 5.12. The number of likely N-dealkylation sites (tertiary alicyclic amines) is 1. The fourth-order valence-corrected chi connectivity index (χ4v) is 4.40. The molecule has 1 aromatic rings. The first-order valence-electron chi connectivity index (χ1n) is 8.76. The maximum absolute atomic E-state index is 12.7. The van der Waals surface area contributed by atoms with E-state index in [2.05, 4.69) is 19.0 Å². The standard InChI is InChI=1S/C18H28N2O3S/c1-19(2)8-10-22-14-18-6-3-9-23-16(18)4-7-20(13-18)17(21)15-5-11-24-12-15/h5,11-12,16H,3-4,6-10,13-14H2,1-2H3/t16-,18+/m0/s1. The van der Waals surface area contributed by atoms with Gasteiger partial charge in [0.2, 0.25) is 0 Å². The van der Waals surface area contributed by atoms with Gasteiger partial charge in [0.1, 0.15) is 0 Å². The highest BCUT2D eigenvalue weighted by atomic mass is 32.1. The lowest BCUT2D eigenvalue weighted by molar-refractivity contribution is -0.147. The molecule has 0 spiro atoms. The van der Waals surface area contributed by atoms with Crippen LogP contribution in [0.3, 0.4) is 0 Å². The lowest BCUT2D eigenvalue weighted by atomic mass is 9.73. The molecule has 5 nitrogen and oxygen atoms in total. The van der Waals surface area contributed by atoms with E-state index < -0.39 is 0 Å². The Morgan fingerprint density at radius 1 is 1.54 bits per heavy atom. The molecular formula is C18H28N2O3S. The normalized spacial score (nSPS) is 27.3. The predicted molar refractivity (Wildman–Crippen MR) is 95.6 cm³/mol. The number of piperidine rings is 1. The molecule has 24 heavy (non-hydrogen) atoms. The number of thiophene rings is 1. The quantitative estimate of drug-likeness (QED) is 0.737. The van der Waals surface area contributed by atoms with Crippen LogP contribution in [0.25, 0.3) is 0 Å². The Kier molecular flexibility index (Phi) is 5.92. The molecule has 0 saturated carbocycles. The van der Waals surface area contributed by atoms with Crippen molar-refractivity contribution >= 4 is 17.2 Å². The largest absolute Gasteiger partial charge is 0.379 e. The molecule has 1 amide bonds. The minimum atomic E-state index is -0.0471. The number of nitrogens with zero attached hydrogens (tertiary/aromatic N) is 2. The fraction of sp³-hybridized carbons (Fsp3) is 0.722. The second kappa shape index (κ2) is 7.95. The van der Waals surface area contributed by atoms with E-state index in [9.17, 15) is 4.79 Å². The molecule has 0 N–H and O–H groups in total. The Labute approximate surface area is 148 Å². The van der Waals surface area contributed by atoms with E-state index in [1.54, 1.807) is 11.3 Å². The van der Waals surface area contributed by atoms with Crippen LogP contribution in [-0.4, -0.2) is 75.4 Å². The van der Waals surface area contributed by atoms with Crippen molar-refractivity contribution in [1.82, 2.24) is 9.80 Å². The monoisotopic (exact) mass is 352 g/mol. The number of ether oxygens (including phenoxy) is 2. The number of rotatable bonds is 6. The van der Waals surface area contributed by atoms with Gasteiger partial charge in [0.15, 0.2) is 0 Å². The first-order chi connectivity index (χ1) is 11.6. The van der Waals surface area contributed by atoms with E-state index in [4.69, 9.17) is 9.47 Å². The summed E-state index contributed by atoms with van der Waals surface area (Å²) in [5, 5.41) is 3.90. The maximum Gasteiger partial charge on any atom is 0.254 e. The van der Waals surface area contributed by atoms with E-state index in [0.717, 1.165) is 57.7 Å².